The zero-order chi connectivity index (χ0) is 41.0. The summed E-state index contributed by atoms with van der Waals surface area (Å²) < 4.78 is 5.93. The monoisotopic (exact) mass is 794 g/mol. The summed E-state index contributed by atoms with van der Waals surface area (Å²) in [6.07, 6.45) is 47.3. The summed E-state index contributed by atoms with van der Waals surface area (Å²) in [6, 6.07) is -0.690. The van der Waals surface area contributed by atoms with Gasteiger partial charge in [0.25, 0.3) is 0 Å². The Morgan fingerprint density at radius 2 is 0.750 bits per heavy atom. The molecule has 0 aliphatic heterocycles. The Kier molecular flexibility index (Phi) is 44.0. The van der Waals surface area contributed by atoms with Gasteiger partial charge in [0.15, 0.2) is 0 Å². The minimum Gasteiger partial charge on any atom is -0.462 e. The Bertz CT molecular complexity index is 806. The van der Waals surface area contributed by atoms with Gasteiger partial charge in [0.1, 0.15) is 6.10 Å². The molecule has 0 aromatic rings. The average molecular weight is 794 g/mol. The molecule has 0 fully saturated rings. The van der Waals surface area contributed by atoms with Crippen LogP contribution in [0.25, 0.3) is 0 Å². The van der Waals surface area contributed by atoms with Crippen LogP contribution in [0.3, 0.4) is 0 Å². The third-order valence-corrected chi connectivity index (χ3v) is 11.9. The van der Waals surface area contributed by atoms with E-state index in [1.54, 1.807) is 0 Å². The van der Waals surface area contributed by atoms with E-state index >= 15 is 0 Å². The minimum absolute atomic E-state index is 0.0874. The topological polar surface area (TPSA) is 95.9 Å². The van der Waals surface area contributed by atoms with Gasteiger partial charge in [0, 0.05) is 6.42 Å². The lowest BCUT2D eigenvalue weighted by Gasteiger charge is -2.24. The highest BCUT2D eigenvalue weighted by atomic mass is 16.5. The number of rotatable bonds is 46. The first kappa shape index (κ1) is 54.9. The molecule has 0 spiro atoms. The average Bonchev–Trinajstić information content (AvgIpc) is 3.19. The van der Waals surface area contributed by atoms with Gasteiger partial charge < -0.3 is 20.3 Å². The van der Waals surface area contributed by atoms with Gasteiger partial charge in [-0.25, -0.2) is 0 Å². The summed E-state index contributed by atoms with van der Waals surface area (Å²) in [6.45, 7) is 6.49. The second kappa shape index (κ2) is 45.0. The lowest BCUT2D eigenvalue weighted by atomic mass is 10.0. The van der Waals surface area contributed by atoms with E-state index < -0.39 is 18.2 Å². The van der Waals surface area contributed by atoms with Crippen molar-refractivity contribution in [2.75, 3.05) is 6.61 Å². The second-order valence-corrected chi connectivity index (χ2v) is 17.6. The first-order valence-corrected chi connectivity index (χ1v) is 25.3. The summed E-state index contributed by atoms with van der Waals surface area (Å²) in [5.41, 5.74) is 0. The summed E-state index contributed by atoms with van der Waals surface area (Å²) in [5.74, 6) is -0.453. The SMILES string of the molecule is CCCCCCCCCCCCCCCCCC(=O)OC(CCCCCCCCCCCCCCC)CC(=O)NC(CO)C(O)CCCCCCCCCCC. The van der Waals surface area contributed by atoms with Crippen LogP contribution in [0.5, 0.6) is 0 Å². The van der Waals surface area contributed by atoms with Crippen molar-refractivity contribution in [1.29, 1.82) is 0 Å². The van der Waals surface area contributed by atoms with Crippen LogP contribution in [0.15, 0.2) is 0 Å². The molecule has 6 heteroatoms. The quantitative estimate of drug-likeness (QED) is 0.0421. The van der Waals surface area contributed by atoms with Crippen molar-refractivity contribution in [3.63, 3.8) is 0 Å². The smallest absolute Gasteiger partial charge is 0.306 e. The summed E-state index contributed by atoms with van der Waals surface area (Å²) in [7, 11) is 0. The molecule has 3 atom stereocenters. The number of hydrogen-bond donors (Lipinski definition) is 3. The van der Waals surface area contributed by atoms with Crippen LogP contribution < -0.4 is 5.32 Å². The van der Waals surface area contributed by atoms with E-state index in [9.17, 15) is 19.8 Å². The van der Waals surface area contributed by atoms with Crippen molar-refractivity contribution < 1.29 is 24.5 Å². The van der Waals surface area contributed by atoms with Crippen LogP contribution in [0.4, 0.5) is 0 Å². The van der Waals surface area contributed by atoms with Gasteiger partial charge in [-0.3, -0.25) is 9.59 Å². The molecular formula is C50H99NO5. The third-order valence-electron chi connectivity index (χ3n) is 11.9. The molecule has 0 radical (unpaired) electrons. The first-order chi connectivity index (χ1) is 27.5. The van der Waals surface area contributed by atoms with Crippen LogP contribution >= 0.6 is 0 Å². The summed E-state index contributed by atoms with van der Waals surface area (Å²) in [4.78, 5) is 26.1. The summed E-state index contributed by atoms with van der Waals surface area (Å²) in [5, 5.41) is 23.7. The highest BCUT2D eigenvalue weighted by molar-refractivity contribution is 5.77. The van der Waals surface area contributed by atoms with Gasteiger partial charge in [-0.1, -0.05) is 245 Å². The van der Waals surface area contributed by atoms with E-state index in [1.165, 1.54) is 199 Å². The number of carbonyl (C=O) groups is 2. The van der Waals surface area contributed by atoms with Crippen molar-refractivity contribution >= 4 is 11.9 Å². The molecule has 0 rings (SSSR count). The molecule has 0 aliphatic rings. The lowest BCUT2D eigenvalue weighted by molar-refractivity contribution is -0.151. The van der Waals surface area contributed by atoms with Crippen molar-refractivity contribution in [2.45, 2.75) is 302 Å². The largest absolute Gasteiger partial charge is 0.462 e. The van der Waals surface area contributed by atoms with Crippen LogP contribution in [0, 0.1) is 0 Å². The molecule has 6 nitrogen and oxygen atoms in total. The highest BCUT2D eigenvalue weighted by Crippen LogP contribution is 2.19. The lowest BCUT2D eigenvalue weighted by Crippen LogP contribution is -2.46. The highest BCUT2D eigenvalue weighted by Gasteiger charge is 2.24. The molecule has 334 valence electrons. The van der Waals surface area contributed by atoms with Crippen LogP contribution in [0.1, 0.15) is 284 Å². The number of aliphatic hydroxyl groups is 2. The molecule has 0 aromatic carbocycles. The molecular weight excluding hydrogens is 695 g/mol. The molecule has 0 bridgehead atoms. The predicted octanol–water partition coefficient (Wildman–Crippen LogP) is 14.8. The number of amides is 1. The number of carbonyl (C=O) groups excluding carboxylic acids is 2. The molecule has 1 amide bonds. The molecule has 0 aromatic heterocycles. The first-order valence-electron chi connectivity index (χ1n) is 25.3. The fourth-order valence-electron chi connectivity index (χ4n) is 8.08. The molecule has 0 saturated heterocycles. The minimum atomic E-state index is -0.777. The number of esters is 1. The normalized spacial score (nSPS) is 13.2. The maximum absolute atomic E-state index is 13.1. The number of ether oxygens (including phenoxy) is 1. The number of aliphatic hydroxyl groups excluding tert-OH is 2. The van der Waals surface area contributed by atoms with Gasteiger partial charge in [-0.05, 0) is 25.7 Å². The van der Waals surface area contributed by atoms with Crippen LogP contribution in [-0.2, 0) is 14.3 Å². The Labute approximate surface area is 349 Å². The number of unbranched alkanes of at least 4 members (excludes halogenated alkanes) is 34. The fraction of sp³-hybridized carbons (Fsp3) is 0.960. The van der Waals surface area contributed by atoms with Crippen LogP contribution in [-0.4, -0.2) is 46.9 Å². The van der Waals surface area contributed by atoms with Crippen molar-refractivity contribution in [1.82, 2.24) is 5.32 Å². The summed E-state index contributed by atoms with van der Waals surface area (Å²) >= 11 is 0. The van der Waals surface area contributed by atoms with E-state index in [4.69, 9.17) is 4.74 Å². The Balaban J connectivity index is 4.50. The van der Waals surface area contributed by atoms with Gasteiger partial charge in [-0.15, -0.1) is 0 Å². The van der Waals surface area contributed by atoms with Crippen LogP contribution in [0.2, 0.25) is 0 Å². The van der Waals surface area contributed by atoms with E-state index in [0.29, 0.717) is 19.3 Å². The van der Waals surface area contributed by atoms with Crippen molar-refractivity contribution in [3.8, 4) is 0 Å². The fourth-order valence-corrected chi connectivity index (χ4v) is 8.08. The molecule has 3 unspecified atom stereocenters. The maximum atomic E-state index is 13.1. The number of hydrogen-bond acceptors (Lipinski definition) is 5. The predicted molar refractivity (Wildman–Crippen MR) is 241 cm³/mol. The van der Waals surface area contributed by atoms with E-state index in [0.717, 1.165) is 38.5 Å². The Morgan fingerprint density at radius 1 is 0.446 bits per heavy atom. The van der Waals surface area contributed by atoms with E-state index in [2.05, 4.69) is 26.1 Å². The Hall–Kier alpha value is -1.14. The molecule has 0 saturated carbocycles. The van der Waals surface area contributed by atoms with E-state index in [-0.39, 0.29) is 24.9 Å². The zero-order valence-electron chi connectivity index (χ0n) is 38.0. The van der Waals surface area contributed by atoms with Gasteiger partial charge in [-0.2, -0.15) is 0 Å². The van der Waals surface area contributed by atoms with Crippen molar-refractivity contribution in [3.05, 3.63) is 0 Å². The van der Waals surface area contributed by atoms with Gasteiger partial charge >= 0.3 is 5.97 Å². The molecule has 3 N–H and O–H groups in total. The maximum Gasteiger partial charge on any atom is 0.306 e. The van der Waals surface area contributed by atoms with Gasteiger partial charge in [0.05, 0.1) is 25.2 Å². The van der Waals surface area contributed by atoms with Gasteiger partial charge in [0.2, 0.25) is 5.91 Å². The number of nitrogens with one attached hydrogen (secondary N) is 1. The molecule has 0 aliphatic carbocycles. The van der Waals surface area contributed by atoms with E-state index in [1.807, 2.05) is 0 Å². The van der Waals surface area contributed by atoms with Crippen molar-refractivity contribution in [2.24, 2.45) is 0 Å². The molecule has 56 heavy (non-hydrogen) atoms. The molecule has 0 heterocycles. The Morgan fingerprint density at radius 3 is 1.09 bits per heavy atom. The second-order valence-electron chi connectivity index (χ2n) is 17.6. The standard InChI is InChI=1S/C50H99NO5/c1-4-7-10-13-16-19-21-23-24-26-28-31-34-37-40-43-50(55)56-46(41-38-35-32-30-27-25-22-20-17-14-11-8-5-2)44-49(54)51-47(45-52)48(53)42-39-36-33-29-18-15-12-9-6-3/h46-48,52-53H,4-45H2,1-3H3,(H,51,54). The zero-order valence-corrected chi connectivity index (χ0v) is 38.0. The third kappa shape index (κ3) is 39.7.